The van der Waals surface area contributed by atoms with E-state index >= 15 is 0 Å². The summed E-state index contributed by atoms with van der Waals surface area (Å²) < 4.78 is 34.5. The van der Waals surface area contributed by atoms with Gasteiger partial charge in [0.1, 0.15) is 0 Å². The molecule has 1 aromatic carbocycles. The van der Waals surface area contributed by atoms with Crippen molar-refractivity contribution in [3.05, 3.63) is 35.7 Å². The van der Waals surface area contributed by atoms with Crippen LogP contribution < -0.4 is 9.47 Å². The summed E-state index contributed by atoms with van der Waals surface area (Å²) in [6, 6.07) is 6.11. The highest BCUT2D eigenvalue weighted by molar-refractivity contribution is 5.40. The number of rotatable bonds is 6. The number of ether oxygens (including phenoxy) is 2. The molecule has 0 unspecified atom stereocenters. The molecular formula is C14H15F2N3O2. The van der Waals surface area contributed by atoms with E-state index in [0.29, 0.717) is 12.8 Å². The number of para-hydroxylation sites is 2. The Balaban J connectivity index is 2.26. The van der Waals surface area contributed by atoms with Crippen molar-refractivity contribution in [2.45, 2.75) is 33.3 Å². The van der Waals surface area contributed by atoms with Crippen LogP contribution in [0, 0.1) is 0 Å². The van der Waals surface area contributed by atoms with Gasteiger partial charge in [0, 0.05) is 0 Å². The van der Waals surface area contributed by atoms with Gasteiger partial charge >= 0.3 is 12.6 Å². The quantitative estimate of drug-likeness (QED) is 0.817. The van der Waals surface area contributed by atoms with Crippen molar-refractivity contribution >= 4 is 0 Å². The molecule has 0 N–H and O–H groups in total. The van der Waals surface area contributed by atoms with E-state index in [-0.39, 0.29) is 17.5 Å². The Labute approximate surface area is 120 Å². The number of benzene rings is 1. The van der Waals surface area contributed by atoms with E-state index in [1.807, 2.05) is 13.8 Å². The third-order valence-electron chi connectivity index (χ3n) is 2.76. The number of aromatic nitrogens is 3. The molecule has 112 valence electrons. The second-order valence-corrected chi connectivity index (χ2v) is 4.12. The highest BCUT2D eigenvalue weighted by Gasteiger charge is 2.13. The van der Waals surface area contributed by atoms with Crippen LogP contribution in [0.2, 0.25) is 0 Å². The normalized spacial score (nSPS) is 10.7. The van der Waals surface area contributed by atoms with Crippen molar-refractivity contribution in [3.63, 3.8) is 0 Å². The fourth-order valence-corrected chi connectivity index (χ4v) is 1.79. The zero-order chi connectivity index (χ0) is 15.2. The van der Waals surface area contributed by atoms with Crippen LogP contribution in [-0.4, -0.2) is 21.8 Å². The molecule has 0 bridgehead atoms. The summed E-state index contributed by atoms with van der Waals surface area (Å²) in [6.07, 6.45) is 1.40. The molecule has 0 radical (unpaired) electrons. The van der Waals surface area contributed by atoms with Crippen molar-refractivity contribution in [1.29, 1.82) is 0 Å². The third-order valence-corrected chi connectivity index (χ3v) is 2.76. The van der Waals surface area contributed by atoms with Crippen molar-refractivity contribution in [2.75, 3.05) is 0 Å². The molecule has 0 atom stereocenters. The van der Waals surface area contributed by atoms with Gasteiger partial charge in [0.25, 0.3) is 0 Å². The van der Waals surface area contributed by atoms with Crippen molar-refractivity contribution < 1.29 is 18.3 Å². The summed E-state index contributed by atoms with van der Waals surface area (Å²) in [7, 11) is 0. The van der Waals surface area contributed by atoms with Crippen molar-refractivity contribution in [3.8, 4) is 17.5 Å². The molecular weight excluding hydrogens is 280 g/mol. The minimum atomic E-state index is -2.93. The number of nitrogens with zero attached hydrogens (tertiary/aromatic N) is 3. The van der Waals surface area contributed by atoms with Gasteiger partial charge in [0.05, 0.1) is 11.4 Å². The Morgan fingerprint density at radius 3 is 2.29 bits per heavy atom. The Bertz CT molecular complexity index is 609. The van der Waals surface area contributed by atoms with Crippen LogP contribution in [0.3, 0.4) is 0 Å². The lowest BCUT2D eigenvalue weighted by molar-refractivity contribution is -0.0510. The summed E-state index contributed by atoms with van der Waals surface area (Å²) in [5.41, 5.74) is 1.57. The van der Waals surface area contributed by atoms with Crippen LogP contribution in [0.1, 0.15) is 25.2 Å². The minimum Gasteiger partial charge on any atom is -0.431 e. The lowest BCUT2D eigenvalue weighted by Crippen LogP contribution is -2.06. The zero-order valence-corrected chi connectivity index (χ0v) is 11.7. The molecule has 0 fully saturated rings. The number of halogens is 2. The average molecular weight is 295 g/mol. The van der Waals surface area contributed by atoms with Gasteiger partial charge < -0.3 is 9.47 Å². The predicted molar refractivity (Wildman–Crippen MR) is 71.7 cm³/mol. The second kappa shape index (κ2) is 6.92. The van der Waals surface area contributed by atoms with Crippen LogP contribution >= 0.6 is 0 Å². The smallest absolute Gasteiger partial charge is 0.387 e. The number of aryl methyl sites for hydroxylation is 2. The summed E-state index contributed by atoms with van der Waals surface area (Å²) in [4.78, 5) is 4.24. The maximum atomic E-state index is 12.3. The monoisotopic (exact) mass is 295 g/mol. The van der Waals surface area contributed by atoms with Gasteiger partial charge in [-0.15, -0.1) is 5.10 Å². The van der Waals surface area contributed by atoms with Gasteiger partial charge in [0.15, 0.2) is 11.5 Å². The Morgan fingerprint density at radius 2 is 1.67 bits per heavy atom. The van der Waals surface area contributed by atoms with Crippen LogP contribution in [-0.2, 0) is 12.8 Å². The number of alkyl halides is 2. The molecule has 7 heteroatoms. The molecule has 0 aliphatic carbocycles. The first kappa shape index (κ1) is 15.1. The van der Waals surface area contributed by atoms with Gasteiger partial charge in [-0.3, -0.25) is 0 Å². The molecule has 2 rings (SSSR count). The first-order valence-corrected chi connectivity index (χ1v) is 6.58. The van der Waals surface area contributed by atoms with Crippen LogP contribution in [0.15, 0.2) is 24.3 Å². The topological polar surface area (TPSA) is 57.1 Å². The van der Waals surface area contributed by atoms with Gasteiger partial charge in [-0.05, 0) is 25.0 Å². The summed E-state index contributed by atoms with van der Waals surface area (Å²) in [5.74, 6) is 0.0413. The molecule has 0 saturated heterocycles. The second-order valence-electron chi connectivity index (χ2n) is 4.12. The molecule has 5 nitrogen and oxygen atoms in total. The number of hydrogen-bond acceptors (Lipinski definition) is 5. The molecule has 2 aromatic rings. The molecule has 0 spiro atoms. The van der Waals surface area contributed by atoms with Gasteiger partial charge in [-0.1, -0.05) is 31.1 Å². The fraction of sp³-hybridized carbons (Fsp3) is 0.357. The average Bonchev–Trinajstić information content (AvgIpc) is 2.48. The Hall–Kier alpha value is -2.31. The SMILES string of the molecule is CCc1nnc(Oc2ccccc2OC(F)F)nc1CC. The van der Waals surface area contributed by atoms with E-state index < -0.39 is 6.61 Å². The molecule has 21 heavy (non-hydrogen) atoms. The Morgan fingerprint density at radius 1 is 1.00 bits per heavy atom. The summed E-state index contributed by atoms with van der Waals surface area (Å²) in [5, 5.41) is 7.88. The lowest BCUT2D eigenvalue weighted by atomic mass is 10.2. The molecule has 0 saturated carbocycles. The highest BCUT2D eigenvalue weighted by atomic mass is 19.3. The molecule has 0 amide bonds. The zero-order valence-electron chi connectivity index (χ0n) is 11.7. The largest absolute Gasteiger partial charge is 0.431 e. The van der Waals surface area contributed by atoms with E-state index in [4.69, 9.17) is 4.74 Å². The van der Waals surface area contributed by atoms with Crippen molar-refractivity contribution in [2.24, 2.45) is 0 Å². The highest BCUT2D eigenvalue weighted by Crippen LogP contribution is 2.30. The van der Waals surface area contributed by atoms with Crippen LogP contribution in [0.4, 0.5) is 8.78 Å². The fourth-order valence-electron chi connectivity index (χ4n) is 1.79. The molecule has 1 heterocycles. The molecule has 1 aromatic heterocycles. The van der Waals surface area contributed by atoms with Gasteiger partial charge in [0.2, 0.25) is 0 Å². The van der Waals surface area contributed by atoms with Crippen molar-refractivity contribution in [1.82, 2.24) is 15.2 Å². The van der Waals surface area contributed by atoms with E-state index in [2.05, 4.69) is 19.9 Å². The summed E-state index contributed by atoms with van der Waals surface area (Å²) >= 11 is 0. The third kappa shape index (κ3) is 3.84. The van der Waals surface area contributed by atoms with Gasteiger partial charge in [-0.2, -0.15) is 13.8 Å². The molecule has 0 aliphatic rings. The van der Waals surface area contributed by atoms with E-state index in [1.165, 1.54) is 12.1 Å². The van der Waals surface area contributed by atoms with Crippen LogP contribution in [0.25, 0.3) is 0 Å². The first-order valence-electron chi connectivity index (χ1n) is 6.58. The molecule has 0 aliphatic heterocycles. The first-order chi connectivity index (χ1) is 10.1. The predicted octanol–water partition coefficient (Wildman–Crippen LogP) is 3.39. The lowest BCUT2D eigenvalue weighted by Gasteiger charge is -2.11. The van der Waals surface area contributed by atoms with E-state index in [9.17, 15) is 8.78 Å². The van der Waals surface area contributed by atoms with Crippen LogP contribution in [0.5, 0.6) is 17.5 Å². The van der Waals surface area contributed by atoms with Gasteiger partial charge in [-0.25, -0.2) is 0 Å². The standard InChI is InChI=1S/C14H15F2N3O2/c1-3-9-10(4-2)18-19-14(17-9)21-12-8-6-5-7-11(12)20-13(15)16/h5-8,13H,3-4H2,1-2H3. The number of hydrogen-bond donors (Lipinski definition) is 0. The van der Waals surface area contributed by atoms with E-state index in [1.54, 1.807) is 12.1 Å². The maximum Gasteiger partial charge on any atom is 0.387 e. The Kier molecular flexibility index (Phi) is 4.97. The van der Waals surface area contributed by atoms with E-state index in [0.717, 1.165) is 11.4 Å². The minimum absolute atomic E-state index is 0.00867. The summed E-state index contributed by atoms with van der Waals surface area (Å²) in [6.45, 7) is 0.972. The maximum absolute atomic E-state index is 12.3.